The number of hydrogen-bond donors (Lipinski definition) is 1. The van der Waals surface area contributed by atoms with Crippen molar-refractivity contribution in [3.63, 3.8) is 0 Å². The van der Waals surface area contributed by atoms with Gasteiger partial charge in [-0.25, -0.2) is 0 Å². The van der Waals surface area contributed by atoms with E-state index in [0.717, 1.165) is 13.0 Å². The smallest absolute Gasteiger partial charge is 0.0412 e. The molecule has 0 bridgehead atoms. The van der Waals surface area contributed by atoms with E-state index in [0.29, 0.717) is 11.5 Å². The summed E-state index contributed by atoms with van der Waals surface area (Å²) < 4.78 is 0. The SMILES string of the molecule is CCC(NCC(C)(C)C)c1cccs1. The van der Waals surface area contributed by atoms with Crippen molar-refractivity contribution in [2.75, 3.05) is 6.54 Å². The fourth-order valence-electron chi connectivity index (χ4n) is 1.37. The Morgan fingerprint density at radius 3 is 2.57 bits per heavy atom. The summed E-state index contributed by atoms with van der Waals surface area (Å²) >= 11 is 1.84. The molecule has 0 radical (unpaired) electrons. The second kappa shape index (κ2) is 4.94. The van der Waals surface area contributed by atoms with Crippen LogP contribution < -0.4 is 5.32 Å². The maximum absolute atomic E-state index is 3.62. The molecule has 0 saturated heterocycles. The minimum atomic E-state index is 0.366. The third-order valence-electron chi connectivity index (χ3n) is 2.17. The summed E-state index contributed by atoms with van der Waals surface area (Å²) in [6.45, 7) is 10.1. The molecule has 0 fully saturated rings. The molecule has 1 unspecified atom stereocenters. The molecule has 1 heterocycles. The second-order valence-corrected chi connectivity index (χ2v) is 5.90. The van der Waals surface area contributed by atoms with Crippen molar-refractivity contribution in [2.24, 2.45) is 5.41 Å². The predicted octanol–water partition coefficient (Wildman–Crippen LogP) is 3.83. The lowest BCUT2D eigenvalue weighted by Crippen LogP contribution is -2.29. The molecular weight excluding hydrogens is 190 g/mol. The second-order valence-electron chi connectivity index (χ2n) is 4.92. The minimum Gasteiger partial charge on any atom is -0.309 e. The molecule has 0 aliphatic rings. The fraction of sp³-hybridized carbons (Fsp3) is 0.667. The van der Waals surface area contributed by atoms with Gasteiger partial charge in [-0.2, -0.15) is 0 Å². The first-order chi connectivity index (χ1) is 6.53. The Morgan fingerprint density at radius 2 is 2.14 bits per heavy atom. The summed E-state index contributed by atoms with van der Waals surface area (Å²) in [6.07, 6.45) is 1.16. The Kier molecular flexibility index (Phi) is 4.14. The molecule has 0 saturated carbocycles. The first-order valence-corrected chi connectivity index (χ1v) is 6.17. The Hall–Kier alpha value is -0.340. The van der Waals surface area contributed by atoms with Crippen LogP contribution in [0.4, 0.5) is 0 Å². The van der Waals surface area contributed by atoms with E-state index in [1.165, 1.54) is 4.88 Å². The number of thiophene rings is 1. The topological polar surface area (TPSA) is 12.0 Å². The van der Waals surface area contributed by atoms with E-state index >= 15 is 0 Å². The molecule has 0 spiro atoms. The van der Waals surface area contributed by atoms with Gasteiger partial charge in [0.25, 0.3) is 0 Å². The highest BCUT2D eigenvalue weighted by atomic mass is 32.1. The van der Waals surface area contributed by atoms with E-state index in [9.17, 15) is 0 Å². The zero-order chi connectivity index (χ0) is 10.6. The highest BCUT2D eigenvalue weighted by Gasteiger charge is 2.14. The van der Waals surface area contributed by atoms with Crippen molar-refractivity contribution in [1.29, 1.82) is 0 Å². The molecule has 1 N–H and O–H groups in total. The Balaban J connectivity index is 2.49. The number of hydrogen-bond acceptors (Lipinski definition) is 2. The molecule has 0 aromatic carbocycles. The molecule has 1 rings (SSSR count). The molecule has 1 atom stereocenters. The third-order valence-corrected chi connectivity index (χ3v) is 3.16. The zero-order valence-corrected chi connectivity index (χ0v) is 10.4. The number of rotatable bonds is 4. The predicted molar refractivity (Wildman–Crippen MR) is 64.8 cm³/mol. The molecule has 1 nitrogen and oxygen atoms in total. The van der Waals surface area contributed by atoms with Crippen molar-refractivity contribution >= 4 is 11.3 Å². The van der Waals surface area contributed by atoms with Crippen LogP contribution >= 0.6 is 11.3 Å². The summed E-state index contributed by atoms with van der Waals surface area (Å²) in [4.78, 5) is 1.46. The average Bonchev–Trinajstić information content (AvgIpc) is 2.56. The first-order valence-electron chi connectivity index (χ1n) is 5.29. The summed E-state index contributed by atoms with van der Waals surface area (Å²) in [6, 6.07) is 4.88. The lowest BCUT2D eigenvalue weighted by molar-refractivity contribution is 0.351. The normalized spacial score (nSPS) is 14.3. The van der Waals surface area contributed by atoms with Gasteiger partial charge >= 0.3 is 0 Å². The van der Waals surface area contributed by atoms with E-state index in [4.69, 9.17) is 0 Å². The maximum Gasteiger partial charge on any atom is 0.0412 e. The molecule has 2 heteroatoms. The van der Waals surface area contributed by atoms with E-state index in [1.54, 1.807) is 0 Å². The third kappa shape index (κ3) is 3.81. The largest absolute Gasteiger partial charge is 0.309 e. The summed E-state index contributed by atoms with van der Waals surface area (Å²) in [5.74, 6) is 0. The van der Waals surface area contributed by atoms with Crippen LogP contribution in [0.5, 0.6) is 0 Å². The average molecular weight is 211 g/mol. The van der Waals surface area contributed by atoms with Crippen molar-refractivity contribution in [2.45, 2.75) is 40.2 Å². The number of nitrogens with one attached hydrogen (secondary N) is 1. The summed E-state index contributed by atoms with van der Waals surface area (Å²) in [5, 5.41) is 5.77. The van der Waals surface area contributed by atoms with E-state index in [1.807, 2.05) is 11.3 Å². The van der Waals surface area contributed by atoms with Crippen molar-refractivity contribution < 1.29 is 0 Å². The van der Waals surface area contributed by atoms with E-state index in [-0.39, 0.29) is 0 Å². The van der Waals surface area contributed by atoms with Crippen LogP contribution in [0.1, 0.15) is 45.0 Å². The van der Waals surface area contributed by atoms with Gasteiger partial charge in [0.05, 0.1) is 0 Å². The van der Waals surface area contributed by atoms with Gasteiger partial charge in [-0.3, -0.25) is 0 Å². The highest BCUT2D eigenvalue weighted by Crippen LogP contribution is 2.23. The quantitative estimate of drug-likeness (QED) is 0.798. The first kappa shape index (κ1) is 11.7. The van der Waals surface area contributed by atoms with Gasteiger partial charge in [-0.1, -0.05) is 33.8 Å². The molecule has 14 heavy (non-hydrogen) atoms. The standard InChI is InChI=1S/C12H21NS/c1-5-10(11-7-6-8-14-11)13-9-12(2,3)4/h6-8,10,13H,5,9H2,1-4H3. The van der Waals surface area contributed by atoms with E-state index in [2.05, 4.69) is 50.5 Å². The van der Waals surface area contributed by atoms with Crippen LogP contribution in [0.25, 0.3) is 0 Å². The van der Waals surface area contributed by atoms with Crippen LogP contribution in [0.3, 0.4) is 0 Å². The molecule has 1 aromatic rings. The van der Waals surface area contributed by atoms with Crippen molar-refractivity contribution in [1.82, 2.24) is 5.32 Å². The van der Waals surface area contributed by atoms with Crippen LogP contribution in [-0.2, 0) is 0 Å². The lowest BCUT2D eigenvalue weighted by atomic mass is 9.96. The van der Waals surface area contributed by atoms with Crippen molar-refractivity contribution in [3.8, 4) is 0 Å². The molecular formula is C12H21NS. The van der Waals surface area contributed by atoms with Gasteiger partial charge in [0.1, 0.15) is 0 Å². The maximum atomic E-state index is 3.62. The monoisotopic (exact) mass is 211 g/mol. The molecule has 0 aliphatic carbocycles. The Labute approximate surface area is 91.5 Å². The summed E-state index contributed by atoms with van der Waals surface area (Å²) in [5.41, 5.74) is 0.366. The van der Waals surface area contributed by atoms with Gasteiger partial charge in [0.2, 0.25) is 0 Å². The van der Waals surface area contributed by atoms with Crippen molar-refractivity contribution in [3.05, 3.63) is 22.4 Å². The van der Waals surface area contributed by atoms with Gasteiger partial charge in [0, 0.05) is 17.5 Å². The van der Waals surface area contributed by atoms with Crippen LogP contribution in [-0.4, -0.2) is 6.54 Å². The molecule has 0 amide bonds. The summed E-state index contributed by atoms with van der Waals surface area (Å²) in [7, 11) is 0. The Morgan fingerprint density at radius 1 is 1.43 bits per heavy atom. The Bertz CT molecular complexity index is 246. The van der Waals surface area contributed by atoms with Crippen LogP contribution in [0.15, 0.2) is 17.5 Å². The highest BCUT2D eigenvalue weighted by molar-refractivity contribution is 7.10. The lowest BCUT2D eigenvalue weighted by Gasteiger charge is -2.23. The molecule has 1 aromatic heterocycles. The van der Waals surface area contributed by atoms with Crippen LogP contribution in [0, 0.1) is 5.41 Å². The molecule has 80 valence electrons. The van der Waals surface area contributed by atoms with Gasteiger partial charge in [0.15, 0.2) is 0 Å². The minimum absolute atomic E-state index is 0.366. The molecule has 0 aliphatic heterocycles. The fourth-order valence-corrected chi connectivity index (χ4v) is 2.25. The zero-order valence-electron chi connectivity index (χ0n) is 9.63. The van der Waals surface area contributed by atoms with Gasteiger partial charge in [-0.15, -0.1) is 11.3 Å². The van der Waals surface area contributed by atoms with Gasteiger partial charge < -0.3 is 5.32 Å². The van der Waals surface area contributed by atoms with E-state index < -0.39 is 0 Å². The van der Waals surface area contributed by atoms with Gasteiger partial charge in [-0.05, 0) is 23.3 Å². The van der Waals surface area contributed by atoms with Crippen LogP contribution in [0.2, 0.25) is 0 Å².